The Hall–Kier alpha value is -2.08. The van der Waals surface area contributed by atoms with Crippen LogP contribution >= 0.6 is 0 Å². The normalized spacial score (nSPS) is 21.3. The van der Waals surface area contributed by atoms with Crippen molar-refractivity contribution in [2.24, 2.45) is 0 Å². The maximum absolute atomic E-state index is 12.2. The molecule has 2 rings (SSSR count). The summed E-state index contributed by atoms with van der Waals surface area (Å²) in [5, 5.41) is 9.74. The molecule has 22 heavy (non-hydrogen) atoms. The van der Waals surface area contributed by atoms with Gasteiger partial charge in [-0.1, -0.05) is 30.3 Å². The van der Waals surface area contributed by atoms with Gasteiger partial charge in [0.2, 0.25) is 0 Å². The maximum atomic E-state index is 12.2. The van der Waals surface area contributed by atoms with E-state index in [-0.39, 0.29) is 19.8 Å². The zero-order valence-electron chi connectivity index (χ0n) is 12.6. The van der Waals surface area contributed by atoms with Crippen LogP contribution in [0.5, 0.6) is 0 Å². The molecule has 1 fully saturated rings. The highest BCUT2D eigenvalue weighted by Gasteiger charge is 2.37. The molecule has 1 aromatic carbocycles. The van der Waals surface area contributed by atoms with Crippen LogP contribution in [-0.4, -0.2) is 47.4 Å². The van der Waals surface area contributed by atoms with Crippen molar-refractivity contribution in [3.8, 4) is 0 Å². The molecule has 0 saturated carbocycles. The fourth-order valence-electron chi connectivity index (χ4n) is 2.44. The molecule has 1 aromatic rings. The Morgan fingerprint density at radius 2 is 1.95 bits per heavy atom. The largest absolute Gasteiger partial charge is 0.464 e. The van der Waals surface area contributed by atoms with Gasteiger partial charge in [0.05, 0.1) is 19.3 Å². The molecule has 0 spiro atoms. The number of β-amino-alcohol motifs (C(OH)–C–C–N with tert-alkyl or cyclic N) is 1. The van der Waals surface area contributed by atoms with Crippen molar-refractivity contribution < 1.29 is 24.2 Å². The number of amides is 1. The summed E-state index contributed by atoms with van der Waals surface area (Å²) < 4.78 is 10.2. The predicted octanol–water partition coefficient (Wildman–Crippen LogP) is 1.71. The molecule has 0 unspecified atom stereocenters. The SMILES string of the molecule is CCOC(=O)[C@@H]1CC[C@H](O)CN1C(=O)OCc1ccccc1. The van der Waals surface area contributed by atoms with Crippen molar-refractivity contribution in [3.63, 3.8) is 0 Å². The Bertz CT molecular complexity index is 505. The lowest BCUT2D eigenvalue weighted by Crippen LogP contribution is -2.52. The third-order valence-electron chi connectivity index (χ3n) is 3.56. The average molecular weight is 307 g/mol. The summed E-state index contributed by atoms with van der Waals surface area (Å²) in [6.07, 6.45) is -0.414. The molecule has 1 aliphatic heterocycles. The van der Waals surface area contributed by atoms with E-state index in [1.54, 1.807) is 6.92 Å². The summed E-state index contributed by atoms with van der Waals surface area (Å²) in [5.74, 6) is -0.453. The molecule has 1 heterocycles. The maximum Gasteiger partial charge on any atom is 0.410 e. The van der Waals surface area contributed by atoms with Crippen LogP contribution in [0, 0.1) is 0 Å². The summed E-state index contributed by atoms with van der Waals surface area (Å²) in [5.41, 5.74) is 0.862. The third-order valence-corrected chi connectivity index (χ3v) is 3.56. The van der Waals surface area contributed by atoms with Crippen molar-refractivity contribution in [2.45, 2.75) is 38.5 Å². The molecule has 1 aliphatic rings. The number of carbonyl (C=O) groups excluding carboxylic acids is 2. The molecule has 1 amide bonds. The second-order valence-electron chi connectivity index (χ2n) is 5.19. The van der Waals surface area contributed by atoms with Crippen LogP contribution in [0.1, 0.15) is 25.3 Å². The molecule has 0 aromatic heterocycles. The summed E-state index contributed by atoms with van der Waals surface area (Å²) >= 11 is 0. The molecule has 6 nitrogen and oxygen atoms in total. The number of rotatable bonds is 4. The van der Waals surface area contributed by atoms with Gasteiger partial charge in [-0.2, -0.15) is 0 Å². The van der Waals surface area contributed by atoms with Gasteiger partial charge in [-0.15, -0.1) is 0 Å². The van der Waals surface area contributed by atoms with Crippen molar-refractivity contribution in [1.82, 2.24) is 4.90 Å². The van der Waals surface area contributed by atoms with Gasteiger partial charge < -0.3 is 14.6 Å². The van der Waals surface area contributed by atoms with E-state index < -0.39 is 24.2 Å². The van der Waals surface area contributed by atoms with Crippen molar-refractivity contribution >= 4 is 12.1 Å². The summed E-state index contributed by atoms with van der Waals surface area (Å²) in [7, 11) is 0. The first-order chi connectivity index (χ1) is 10.6. The Labute approximate surface area is 129 Å². The Morgan fingerprint density at radius 3 is 2.64 bits per heavy atom. The number of benzene rings is 1. The molecule has 2 atom stereocenters. The lowest BCUT2D eigenvalue weighted by molar-refractivity contribution is -0.151. The Balaban J connectivity index is 1.98. The van der Waals surface area contributed by atoms with Gasteiger partial charge in [0.15, 0.2) is 0 Å². The van der Waals surface area contributed by atoms with E-state index >= 15 is 0 Å². The number of aliphatic hydroxyl groups excluding tert-OH is 1. The number of ether oxygens (including phenoxy) is 2. The van der Waals surface area contributed by atoms with Crippen molar-refractivity contribution in [3.05, 3.63) is 35.9 Å². The minimum atomic E-state index is -0.688. The Morgan fingerprint density at radius 1 is 1.23 bits per heavy atom. The molecular formula is C16H21NO5. The van der Waals surface area contributed by atoms with Crippen LogP contribution in [0.25, 0.3) is 0 Å². The minimum Gasteiger partial charge on any atom is -0.464 e. The van der Waals surface area contributed by atoms with Crippen LogP contribution < -0.4 is 0 Å². The highest BCUT2D eigenvalue weighted by atomic mass is 16.6. The molecule has 6 heteroatoms. The lowest BCUT2D eigenvalue weighted by atomic mass is 10.0. The first-order valence-electron chi connectivity index (χ1n) is 7.43. The van der Waals surface area contributed by atoms with Gasteiger partial charge in [0, 0.05) is 0 Å². The molecular weight excluding hydrogens is 286 g/mol. The molecule has 1 saturated heterocycles. The van der Waals surface area contributed by atoms with Crippen LogP contribution in [0.2, 0.25) is 0 Å². The number of likely N-dealkylation sites (tertiary alicyclic amines) is 1. The van der Waals surface area contributed by atoms with Crippen LogP contribution in [0.3, 0.4) is 0 Å². The number of esters is 1. The number of nitrogens with zero attached hydrogens (tertiary/aromatic N) is 1. The van der Waals surface area contributed by atoms with E-state index in [9.17, 15) is 14.7 Å². The van der Waals surface area contributed by atoms with E-state index in [0.29, 0.717) is 12.8 Å². The smallest absolute Gasteiger partial charge is 0.410 e. The number of piperidine rings is 1. The van der Waals surface area contributed by atoms with Crippen molar-refractivity contribution in [1.29, 1.82) is 0 Å². The lowest BCUT2D eigenvalue weighted by Gasteiger charge is -2.35. The molecule has 120 valence electrons. The van der Waals surface area contributed by atoms with E-state index in [2.05, 4.69) is 0 Å². The van der Waals surface area contributed by atoms with Gasteiger partial charge in [-0.05, 0) is 25.3 Å². The van der Waals surface area contributed by atoms with E-state index in [1.165, 1.54) is 4.90 Å². The monoisotopic (exact) mass is 307 g/mol. The fraction of sp³-hybridized carbons (Fsp3) is 0.500. The molecule has 0 bridgehead atoms. The second kappa shape index (κ2) is 7.79. The summed E-state index contributed by atoms with van der Waals surface area (Å²) in [6, 6.07) is 8.60. The quantitative estimate of drug-likeness (QED) is 0.857. The first kappa shape index (κ1) is 16.3. The number of hydrogen-bond acceptors (Lipinski definition) is 5. The van der Waals surface area contributed by atoms with Gasteiger partial charge >= 0.3 is 12.1 Å². The highest BCUT2D eigenvalue weighted by molar-refractivity contribution is 5.81. The zero-order valence-corrected chi connectivity index (χ0v) is 12.6. The third kappa shape index (κ3) is 4.21. The zero-order chi connectivity index (χ0) is 15.9. The summed E-state index contributed by atoms with van der Waals surface area (Å²) in [4.78, 5) is 25.4. The summed E-state index contributed by atoms with van der Waals surface area (Å²) in [6.45, 7) is 2.18. The van der Waals surface area contributed by atoms with Crippen LogP contribution in [0.15, 0.2) is 30.3 Å². The van der Waals surface area contributed by atoms with E-state index in [1.807, 2.05) is 30.3 Å². The van der Waals surface area contributed by atoms with Gasteiger partial charge in [-0.25, -0.2) is 9.59 Å². The van der Waals surface area contributed by atoms with Gasteiger partial charge in [0.1, 0.15) is 12.6 Å². The standard InChI is InChI=1S/C16H21NO5/c1-2-21-15(19)14-9-8-13(18)10-17(14)16(20)22-11-12-6-4-3-5-7-12/h3-7,13-14,18H,2,8-11H2,1H3/t13-,14-/m0/s1. The molecule has 1 N–H and O–H groups in total. The number of hydrogen-bond donors (Lipinski definition) is 1. The van der Waals surface area contributed by atoms with Crippen molar-refractivity contribution in [2.75, 3.05) is 13.2 Å². The minimum absolute atomic E-state index is 0.0805. The van der Waals surface area contributed by atoms with Crippen LogP contribution in [-0.2, 0) is 20.9 Å². The van der Waals surface area contributed by atoms with E-state index in [0.717, 1.165) is 5.56 Å². The Kier molecular flexibility index (Phi) is 5.77. The first-order valence-corrected chi connectivity index (χ1v) is 7.43. The van der Waals surface area contributed by atoms with Gasteiger partial charge in [0.25, 0.3) is 0 Å². The number of carbonyl (C=O) groups is 2. The molecule has 0 radical (unpaired) electrons. The second-order valence-corrected chi connectivity index (χ2v) is 5.19. The van der Waals surface area contributed by atoms with Crippen LogP contribution in [0.4, 0.5) is 4.79 Å². The van der Waals surface area contributed by atoms with Gasteiger partial charge in [-0.3, -0.25) is 4.90 Å². The predicted molar refractivity (Wildman–Crippen MR) is 79.0 cm³/mol. The average Bonchev–Trinajstić information content (AvgIpc) is 2.53. The fourth-order valence-corrected chi connectivity index (χ4v) is 2.44. The topological polar surface area (TPSA) is 76.1 Å². The molecule has 0 aliphatic carbocycles. The number of aliphatic hydroxyl groups is 1. The highest BCUT2D eigenvalue weighted by Crippen LogP contribution is 2.20. The van der Waals surface area contributed by atoms with E-state index in [4.69, 9.17) is 9.47 Å².